The fourth-order valence-electron chi connectivity index (χ4n) is 2.40. The maximum atomic E-state index is 5.63. The van der Waals surface area contributed by atoms with Gasteiger partial charge in [-0.3, -0.25) is 4.99 Å². The van der Waals surface area contributed by atoms with E-state index in [9.17, 15) is 0 Å². The van der Waals surface area contributed by atoms with E-state index >= 15 is 0 Å². The molecule has 0 amide bonds. The Morgan fingerprint density at radius 1 is 1.24 bits per heavy atom. The molecule has 0 spiro atoms. The largest absolute Gasteiger partial charge is 0.493 e. The van der Waals surface area contributed by atoms with Gasteiger partial charge in [-0.1, -0.05) is 0 Å². The molecule has 0 unspecified atom stereocenters. The molecule has 0 aliphatic heterocycles. The molecule has 0 radical (unpaired) electrons. The lowest BCUT2D eigenvalue weighted by Gasteiger charge is -2.14. The van der Waals surface area contributed by atoms with Crippen molar-refractivity contribution < 1.29 is 14.2 Å². The first kappa shape index (κ1) is 19.8. The van der Waals surface area contributed by atoms with Crippen molar-refractivity contribution in [2.24, 2.45) is 10.9 Å². The first-order chi connectivity index (χ1) is 12.2. The molecular formula is C18H28BrN3O3. The van der Waals surface area contributed by atoms with Gasteiger partial charge in [-0.15, -0.1) is 0 Å². The van der Waals surface area contributed by atoms with Gasteiger partial charge in [0.05, 0.1) is 18.7 Å². The fourth-order valence-corrected chi connectivity index (χ4v) is 3.05. The van der Waals surface area contributed by atoms with Crippen LogP contribution >= 0.6 is 15.9 Å². The number of nitrogens with zero attached hydrogens (tertiary/aromatic N) is 1. The molecule has 2 rings (SSSR count). The van der Waals surface area contributed by atoms with E-state index in [-0.39, 0.29) is 0 Å². The normalized spacial score (nSPS) is 14.3. The number of ether oxygens (including phenoxy) is 3. The van der Waals surface area contributed by atoms with E-state index in [4.69, 9.17) is 14.2 Å². The quantitative estimate of drug-likeness (QED) is 0.350. The molecule has 1 aliphatic carbocycles. The van der Waals surface area contributed by atoms with Gasteiger partial charge in [0, 0.05) is 33.4 Å². The lowest BCUT2D eigenvalue weighted by atomic mass is 10.2. The second-order valence-corrected chi connectivity index (χ2v) is 6.89. The standard InChI is InChI=1S/C18H28BrN3O3/c1-20-18(21-7-4-8-25-12-13-5-6-13)22-11-14-9-15(19)17(24-3)16(10-14)23-2/h9-10,13H,4-8,11-12H2,1-3H3,(H2,20,21,22). The molecule has 1 aromatic rings. The molecule has 25 heavy (non-hydrogen) atoms. The van der Waals surface area contributed by atoms with Crippen LogP contribution in [0.1, 0.15) is 24.8 Å². The summed E-state index contributed by atoms with van der Waals surface area (Å²) in [5.41, 5.74) is 1.07. The van der Waals surface area contributed by atoms with Crippen LogP contribution in [0.25, 0.3) is 0 Å². The van der Waals surface area contributed by atoms with Crippen molar-refractivity contribution in [3.8, 4) is 11.5 Å². The van der Waals surface area contributed by atoms with Crippen LogP contribution in [-0.2, 0) is 11.3 Å². The summed E-state index contributed by atoms with van der Waals surface area (Å²) >= 11 is 3.51. The van der Waals surface area contributed by atoms with Crippen LogP contribution in [0.4, 0.5) is 0 Å². The number of halogens is 1. The van der Waals surface area contributed by atoms with Crippen LogP contribution in [0.2, 0.25) is 0 Å². The van der Waals surface area contributed by atoms with Crippen molar-refractivity contribution in [2.75, 3.05) is 41.0 Å². The van der Waals surface area contributed by atoms with Gasteiger partial charge in [-0.25, -0.2) is 0 Å². The zero-order valence-electron chi connectivity index (χ0n) is 15.2. The molecule has 1 fully saturated rings. The zero-order chi connectivity index (χ0) is 18.1. The van der Waals surface area contributed by atoms with Crippen molar-refractivity contribution >= 4 is 21.9 Å². The number of nitrogens with one attached hydrogen (secondary N) is 2. The van der Waals surface area contributed by atoms with Gasteiger partial charge in [-0.05, 0) is 58.8 Å². The second kappa shape index (κ2) is 10.5. The zero-order valence-corrected chi connectivity index (χ0v) is 16.8. The molecule has 0 atom stereocenters. The minimum absolute atomic E-state index is 0.636. The topological polar surface area (TPSA) is 64.1 Å². The number of hydrogen-bond donors (Lipinski definition) is 2. The van der Waals surface area contributed by atoms with Crippen LogP contribution < -0.4 is 20.1 Å². The Hall–Kier alpha value is -1.47. The third-order valence-electron chi connectivity index (χ3n) is 3.99. The summed E-state index contributed by atoms with van der Waals surface area (Å²) in [6, 6.07) is 3.96. The first-order valence-corrected chi connectivity index (χ1v) is 9.40. The van der Waals surface area contributed by atoms with Crippen molar-refractivity contribution in [3.05, 3.63) is 22.2 Å². The van der Waals surface area contributed by atoms with Gasteiger partial charge in [0.1, 0.15) is 0 Å². The Kier molecular flexibility index (Phi) is 8.34. The predicted octanol–water partition coefficient (Wildman–Crippen LogP) is 2.95. The number of hydrogen-bond acceptors (Lipinski definition) is 4. The highest BCUT2D eigenvalue weighted by atomic mass is 79.9. The van der Waals surface area contributed by atoms with Gasteiger partial charge in [0.25, 0.3) is 0 Å². The molecule has 6 nitrogen and oxygen atoms in total. The van der Waals surface area contributed by atoms with Crippen LogP contribution in [-0.4, -0.2) is 47.0 Å². The number of benzene rings is 1. The molecule has 140 valence electrons. The number of methoxy groups -OCH3 is 2. The summed E-state index contributed by atoms with van der Waals surface area (Å²) in [5.74, 6) is 2.99. The Bertz CT molecular complexity index is 577. The van der Waals surface area contributed by atoms with E-state index in [1.165, 1.54) is 12.8 Å². The molecule has 1 saturated carbocycles. The number of guanidine groups is 1. The highest BCUT2D eigenvalue weighted by Gasteiger charge is 2.20. The van der Waals surface area contributed by atoms with Gasteiger partial charge >= 0.3 is 0 Å². The van der Waals surface area contributed by atoms with E-state index in [0.29, 0.717) is 18.0 Å². The minimum atomic E-state index is 0.636. The van der Waals surface area contributed by atoms with Crippen LogP contribution in [0.3, 0.4) is 0 Å². The fraction of sp³-hybridized carbons (Fsp3) is 0.611. The summed E-state index contributed by atoms with van der Waals surface area (Å²) in [5, 5.41) is 6.60. The summed E-state index contributed by atoms with van der Waals surface area (Å²) < 4.78 is 17.2. The first-order valence-electron chi connectivity index (χ1n) is 8.60. The van der Waals surface area contributed by atoms with Crippen molar-refractivity contribution in [2.45, 2.75) is 25.8 Å². The second-order valence-electron chi connectivity index (χ2n) is 6.04. The van der Waals surface area contributed by atoms with Crippen LogP contribution in [0, 0.1) is 5.92 Å². The molecule has 2 N–H and O–H groups in total. The van der Waals surface area contributed by atoms with Crippen molar-refractivity contribution in [3.63, 3.8) is 0 Å². The molecule has 7 heteroatoms. The summed E-state index contributed by atoms with van der Waals surface area (Å²) in [7, 11) is 5.03. The lowest BCUT2D eigenvalue weighted by molar-refractivity contribution is 0.123. The van der Waals surface area contributed by atoms with E-state index in [2.05, 4.69) is 31.6 Å². The van der Waals surface area contributed by atoms with Gasteiger partial charge in [-0.2, -0.15) is 0 Å². The summed E-state index contributed by atoms with van der Waals surface area (Å²) in [6.07, 6.45) is 3.64. The molecule has 0 saturated heterocycles. The molecule has 1 aromatic carbocycles. The highest BCUT2D eigenvalue weighted by Crippen LogP contribution is 2.36. The average molecular weight is 414 g/mol. The van der Waals surface area contributed by atoms with Gasteiger partial charge < -0.3 is 24.8 Å². The molecule has 0 bridgehead atoms. The lowest BCUT2D eigenvalue weighted by Crippen LogP contribution is -2.37. The molecule has 1 aliphatic rings. The van der Waals surface area contributed by atoms with E-state index < -0.39 is 0 Å². The van der Waals surface area contributed by atoms with Crippen molar-refractivity contribution in [1.82, 2.24) is 10.6 Å². The third-order valence-corrected chi connectivity index (χ3v) is 4.57. The summed E-state index contributed by atoms with van der Waals surface area (Å²) in [4.78, 5) is 4.24. The third kappa shape index (κ3) is 6.74. The average Bonchev–Trinajstić information content (AvgIpc) is 3.44. The van der Waals surface area contributed by atoms with E-state index in [1.807, 2.05) is 12.1 Å². The smallest absolute Gasteiger partial charge is 0.191 e. The number of rotatable bonds is 10. The van der Waals surface area contributed by atoms with Crippen LogP contribution in [0.5, 0.6) is 11.5 Å². The van der Waals surface area contributed by atoms with Gasteiger partial charge in [0.15, 0.2) is 17.5 Å². The van der Waals surface area contributed by atoms with Crippen LogP contribution in [0.15, 0.2) is 21.6 Å². The molecule has 0 heterocycles. The molecular weight excluding hydrogens is 386 g/mol. The Morgan fingerprint density at radius 3 is 2.68 bits per heavy atom. The monoisotopic (exact) mass is 413 g/mol. The maximum Gasteiger partial charge on any atom is 0.191 e. The Balaban J connectivity index is 1.73. The maximum absolute atomic E-state index is 5.63. The highest BCUT2D eigenvalue weighted by molar-refractivity contribution is 9.10. The summed E-state index contributed by atoms with van der Waals surface area (Å²) in [6.45, 7) is 3.18. The minimum Gasteiger partial charge on any atom is -0.493 e. The number of aliphatic imine (C=N–C) groups is 1. The Morgan fingerprint density at radius 2 is 2.04 bits per heavy atom. The van der Waals surface area contributed by atoms with Gasteiger partial charge in [0.2, 0.25) is 0 Å². The van der Waals surface area contributed by atoms with E-state index in [1.54, 1.807) is 21.3 Å². The Labute approximate surface area is 158 Å². The predicted molar refractivity (Wildman–Crippen MR) is 104 cm³/mol. The van der Waals surface area contributed by atoms with E-state index in [0.717, 1.165) is 48.1 Å². The van der Waals surface area contributed by atoms with Crippen molar-refractivity contribution in [1.29, 1.82) is 0 Å². The SMILES string of the molecule is CN=C(NCCCOCC1CC1)NCc1cc(Br)c(OC)c(OC)c1. The molecule has 0 aromatic heterocycles.